The van der Waals surface area contributed by atoms with E-state index in [4.69, 9.17) is 23.2 Å². The Hall–Kier alpha value is -2.25. The van der Waals surface area contributed by atoms with Gasteiger partial charge in [-0.3, -0.25) is 9.59 Å². The normalized spacial score (nSPS) is 14.5. The van der Waals surface area contributed by atoms with Crippen LogP contribution >= 0.6 is 23.2 Å². The number of hydrogen-bond donors (Lipinski definition) is 2. The highest BCUT2D eigenvalue weighted by Gasteiger charge is 2.45. The second-order valence-corrected chi connectivity index (χ2v) is 8.52. The van der Waals surface area contributed by atoms with Gasteiger partial charge in [-0.25, -0.2) is 0 Å². The predicted octanol–water partition coefficient (Wildman–Crippen LogP) is 7.27. The third kappa shape index (κ3) is 6.87. The van der Waals surface area contributed by atoms with Crippen LogP contribution in [0.15, 0.2) is 42.5 Å². The average Bonchev–Trinajstić information content (AvgIpc) is 2.70. The minimum atomic E-state index is -4.61. The number of rotatable bonds is 9. The van der Waals surface area contributed by atoms with Gasteiger partial charge in [-0.1, -0.05) is 61.7 Å². The maximum atomic E-state index is 13.5. The van der Waals surface area contributed by atoms with Crippen LogP contribution in [0, 0.1) is 5.92 Å². The summed E-state index contributed by atoms with van der Waals surface area (Å²) in [5.74, 6) is -5.65. The molecule has 0 spiro atoms. The lowest BCUT2D eigenvalue weighted by molar-refractivity contribution is -0.178. The van der Waals surface area contributed by atoms with Crippen molar-refractivity contribution in [3.8, 4) is 0 Å². The van der Waals surface area contributed by atoms with Crippen LogP contribution in [0.2, 0.25) is 10.0 Å². The fourth-order valence-corrected chi connectivity index (χ4v) is 3.87. The summed E-state index contributed by atoms with van der Waals surface area (Å²) in [6.07, 6.45) is -3.38. The van der Waals surface area contributed by atoms with Crippen molar-refractivity contribution in [2.75, 3.05) is 5.32 Å². The average molecular weight is 490 g/mol. The molecule has 174 valence electrons. The predicted molar refractivity (Wildman–Crippen MR) is 119 cm³/mol. The van der Waals surface area contributed by atoms with Crippen molar-refractivity contribution in [3.05, 3.63) is 63.6 Å². The largest absolute Gasteiger partial charge is 0.481 e. The summed E-state index contributed by atoms with van der Waals surface area (Å²) >= 11 is 12.0. The van der Waals surface area contributed by atoms with Gasteiger partial charge >= 0.3 is 12.1 Å². The van der Waals surface area contributed by atoms with Crippen molar-refractivity contribution in [2.45, 2.75) is 51.1 Å². The molecule has 0 radical (unpaired) electrons. The Morgan fingerprint density at radius 1 is 1.06 bits per heavy atom. The van der Waals surface area contributed by atoms with Crippen LogP contribution in [0.1, 0.15) is 56.1 Å². The van der Waals surface area contributed by atoms with Gasteiger partial charge in [0, 0.05) is 5.02 Å². The zero-order valence-corrected chi connectivity index (χ0v) is 19.1. The van der Waals surface area contributed by atoms with Crippen molar-refractivity contribution in [1.29, 1.82) is 0 Å². The number of alkyl halides is 3. The van der Waals surface area contributed by atoms with E-state index in [1.165, 1.54) is 36.4 Å². The highest BCUT2D eigenvalue weighted by Crippen LogP contribution is 2.39. The zero-order valence-electron chi connectivity index (χ0n) is 17.5. The summed E-state index contributed by atoms with van der Waals surface area (Å²) in [5, 5.41) is 12.2. The minimum Gasteiger partial charge on any atom is -0.481 e. The molecule has 2 aromatic carbocycles. The number of hydrogen-bond acceptors (Lipinski definition) is 2. The Morgan fingerprint density at radius 3 is 2.19 bits per heavy atom. The molecule has 0 saturated carbocycles. The maximum absolute atomic E-state index is 13.5. The van der Waals surface area contributed by atoms with E-state index in [0.717, 1.165) is 13.3 Å². The van der Waals surface area contributed by atoms with Crippen molar-refractivity contribution in [2.24, 2.45) is 5.92 Å². The van der Waals surface area contributed by atoms with E-state index >= 15 is 0 Å². The van der Waals surface area contributed by atoms with Crippen LogP contribution in [0.3, 0.4) is 0 Å². The van der Waals surface area contributed by atoms with Crippen LogP contribution in [0.5, 0.6) is 0 Å². The Kier molecular flexibility index (Phi) is 8.98. The van der Waals surface area contributed by atoms with Crippen LogP contribution in [-0.4, -0.2) is 23.2 Å². The smallest absolute Gasteiger partial charge is 0.392 e. The van der Waals surface area contributed by atoms with E-state index < -0.39 is 29.9 Å². The van der Waals surface area contributed by atoms with Crippen molar-refractivity contribution < 1.29 is 27.9 Å². The van der Waals surface area contributed by atoms with Gasteiger partial charge in [0.2, 0.25) is 5.91 Å². The lowest BCUT2D eigenvalue weighted by atomic mass is 9.85. The SMILES string of the molecule is CCCC(CC(=O)O)c1ccc(Cl)c(NC(=O)[C@H](c2ccc(Cl)cc2)C(C)C(F)(F)F)c1. The van der Waals surface area contributed by atoms with Gasteiger partial charge in [-0.2, -0.15) is 13.2 Å². The Bertz CT molecular complexity index is 948. The molecular formula is C23H24Cl2F3NO3. The van der Waals surface area contributed by atoms with E-state index in [1.807, 2.05) is 6.92 Å². The van der Waals surface area contributed by atoms with Crippen LogP contribution in [0.4, 0.5) is 18.9 Å². The van der Waals surface area contributed by atoms with Crippen molar-refractivity contribution >= 4 is 40.8 Å². The van der Waals surface area contributed by atoms with Gasteiger partial charge in [0.1, 0.15) is 0 Å². The molecule has 1 amide bonds. The number of amides is 1. The summed E-state index contributed by atoms with van der Waals surface area (Å²) in [6, 6.07) is 10.3. The molecule has 0 fully saturated rings. The highest BCUT2D eigenvalue weighted by atomic mass is 35.5. The molecular weight excluding hydrogens is 466 g/mol. The molecule has 9 heteroatoms. The molecule has 0 saturated heterocycles. The van der Waals surface area contributed by atoms with Gasteiger partial charge < -0.3 is 10.4 Å². The molecule has 0 aromatic heterocycles. The Labute approximate surface area is 194 Å². The molecule has 2 N–H and O–H groups in total. The number of anilines is 1. The molecule has 0 heterocycles. The molecule has 32 heavy (non-hydrogen) atoms. The summed E-state index contributed by atoms with van der Waals surface area (Å²) < 4.78 is 40.6. The molecule has 3 atom stereocenters. The lowest BCUT2D eigenvalue weighted by Gasteiger charge is -2.26. The summed E-state index contributed by atoms with van der Waals surface area (Å²) in [5.41, 5.74) is 0.939. The summed E-state index contributed by atoms with van der Waals surface area (Å²) in [6.45, 7) is 2.86. The number of aliphatic carboxylic acids is 1. The van der Waals surface area contributed by atoms with Crippen LogP contribution < -0.4 is 5.32 Å². The number of halogens is 5. The Balaban J connectivity index is 2.40. The second kappa shape index (κ2) is 11.1. The standard InChI is InChI=1S/C23H24Cl2F3NO3/c1-3-4-15(12-20(30)31)16-7-10-18(25)19(11-16)29-22(32)21(13(2)23(26,27)28)14-5-8-17(24)9-6-14/h5-11,13,15,21H,3-4,12H2,1-2H3,(H,29,32)(H,30,31)/t13?,15?,21-/m0/s1. The molecule has 0 aliphatic carbocycles. The molecule has 2 rings (SSSR count). The lowest BCUT2D eigenvalue weighted by Crippen LogP contribution is -2.34. The van der Waals surface area contributed by atoms with Crippen molar-refractivity contribution in [3.63, 3.8) is 0 Å². The van der Waals surface area contributed by atoms with Crippen LogP contribution in [0.25, 0.3) is 0 Å². The van der Waals surface area contributed by atoms with E-state index in [1.54, 1.807) is 6.07 Å². The van der Waals surface area contributed by atoms with Gasteiger partial charge in [0.25, 0.3) is 0 Å². The molecule has 2 unspecified atom stereocenters. The zero-order chi connectivity index (χ0) is 24.1. The second-order valence-electron chi connectivity index (χ2n) is 7.67. The first-order valence-corrected chi connectivity index (χ1v) is 10.8. The van der Waals surface area contributed by atoms with Gasteiger partial charge in [-0.15, -0.1) is 0 Å². The number of carbonyl (C=O) groups excluding carboxylic acids is 1. The Morgan fingerprint density at radius 2 is 1.66 bits per heavy atom. The monoisotopic (exact) mass is 489 g/mol. The van der Waals surface area contributed by atoms with Crippen LogP contribution in [-0.2, 0) is 9.59 Å². The minimum absolute atomic E-state index is 0.110. The molecule has 4 nitrogen and oxygen atoms in total. The first-order valence-electron chi connectivity index (χ1n) is 10.1. The topological polar surface area (TPSA) is 66.4 Å². The van der Waals surface area contributed by atoms with E-state index in [2.05, 4.69) is 5.32 Å². The van der Waals surface area contributed by atoms with Gasteiger partial charge in [0.15, 0.2) is 0 Å². The van der Waals surface area contributed by atoms with Gasteiger partial charge in [0.05, 0.1) is 29.0 Å². The fraction of sp³-hybridized carbons (Fsp3) is 0.391. The van der Waals surface area contributed by atoms with Crippen molar-refractivity contribution in [1.82, 2.24) is 0 Å². The molecule has 0 aliphatic rings. The maximum Gasteiger partial charge on any atom is 0.392 e. The quantitative estimate of drug-likeness (QED) is 0.389. The third-order valence-electron chi connectivity index (χ3n) is 5.31. The number of carboxylic acids is 1. The molecule has 2 aromatic rings. The van der Waals surface area contributed by atoms with E-state index in [-0.39, 0.29) is 28.6 Å². The number of nitrogens with one attached hydrogen (secondary N) is 1. The summed E-state index contributed by atoms with van der Waals surface area (Å²) in [7, 11) is 0. The van der Waals surface area contributed by atoms with Gasteiger partial charge in [-0.05, 0) is 47.7 Å². The number of benzene rings is 2. The molecule has 0 bridgehead atoms. The third-order valence-corrected chi connectivity index (χ3v) is 5.89. The summed E-state index contributed by atoms with van der Waals surface area (Å²) in [4.78, 5) is 24.2. The first kappa shape index (κ1) is 26.0. The number of carbonyl (C=O) groups is 2. The van der Waals surface area contributed by atoms with E-state index in [0.29, 0.717) is 17.0 Å². The number of carboxylic acid groups (broad SMARTS) is 1. The molecule has 0 aliphatic heterocycles. The highest BCUT2D eigenvalue weighted by molar-refractivity contribution is 6.33. The fourth-order valence-electron chi connectivity index (χ4n) is 3.58. The first-order chi connectivity index (χ1) is 14.9. The van der Waals surface area contributed by atoms with E-state index in [9.17, 15) is 27.9 Å².